The number of hydrogen-bond acceptors (Lipinski definition) is 1. The minimum atomic E-state index is 0.123. The van der Waals surface area contributed by atoms with E-state index in [4.69, 9.17) is 5.11 Å². The Kier molecular flexibility index (Phi) is 3.56. The third-order valence-electron chi connectivity index (χ3n) is 2.19. The van der Waals surface area contributed by atoms with Crippen molar-refractivity contribution < 1.29 is 5.11 Å². The molecule has 1 atom stereocenters. The normalized spacial score (nSPS) is 18.0. The molecule has 0 aromatic rings. The SMILES string of the molecule is CCC(C)(CO)CC(C)(C)C. The molecule has 0 aliphatic rings. The van der Waals surface area contributed by atoms with Gasteiger partial charge >= 0.3 is 0 Å². The Morgan fingerprint density at radius 3 is 1.64 bits per heavy atom. The molecular formula is C10H22O. The second kappa shape index (κ2) is 3.57. The predicted octanol–water partition coefficient (Wildman–Crippen LogP) is 2.83. The molecule has 68 valence electrons. The van der Waals surface area contributed by atoms with Gasteiger partial charge in [0.15, 0.2) is 0 Å². The highest BCUT2D eigenvalue weighted by Gasteiger charge is 2.27. The van der Waals surface area contributed by atoms with Crippen LogP contribution in [0.4, 0.5) is 0 Å². The van der Waals surface area contributed by atoms with Gasteiger partial charge in [0.1, 0.15) is 0 Å². The van der Waals surface area contributed by atoms with Gasteiger partial charge in [-0.05, 0) is 23.7 Å². The fourth-order valence-electron chi connectivity index (χ4n) is 1.57. The molecule has 0 spiro atoms. The van der Waals surface area contributed by atoms with Crippen molar-refractivity contribution in [1.82, 2.24) is 0 Å². The Balaban J connectivity index is 4.08. The third-order valence-corrected chi connectivity index (χ3v) is 2.19. The minimum absolute atomic E-state index is 0.123. The van der Waals surface area contributed by atoms with Crippen molar-refractivity contribution in [3.05, 3.63) is 0 Å². The van der Waals surface area contributed by atoms with Crippen molar-refractivity contribution in [2.45, 2.75) is 47.5 Å². The molecule has 0 fully saturated rings. The van der Waals surface area contributed by atoms with E-state index in [-0.39, 0.29) is 5.41 Å². The second-order valence-electron chi connectivity index (χ2n) is 5.06. The first-order chi connectivity index (χ1) is 4.83. The van der Waals surface area contributed by atoms with Crippen LogP contribution in [0, 0.1) is 10.8 Å². The summed E-state index contributed by atoms with van der Waals surface area (Å²) < 4.78 is 0. The molecule has 11 heavy (non-hydrogen) atoms. The van der Waals surface area contributed by atoms with E-state index in [1.807, 2.05) is 0 Å². The molecule has 0 radical (unpaired) electrons. The van der Waals surface area contributed by atoms with Crippen molar-refractivity contribution in [2.24, 2.45) is 10.8 Å². The molecule has 1 nitrogen and oxygen atoms in total. The number of rotatable bonds is 3. The molecule has 0 heterocycles. The van der Waals surface area contributed by atoms with Crippen molar-refractivity contribution in [2.75, 3.05) is 6.61 Å². The average Bonchev–Trinajstić information content (AvgIpc) is 1.84. The number of hydrogen-bond donors (Lipinski definition) is 1. The van der Waals surface area contributed by atoms with Gasteiger partial charge in [-0.1, -0.05) is 34.6 Å². The van der Waals surface area contributed by atoms with Gasteiger partial charge in [-0.3, -0.25) is 0 Å². The summed E-state index contributed by atoms with van der Waals surface area (Å²) in [4.78, 5) is 0. The summed E-state index contributed by atoms with van der Waals surface area (Å²) >= 11 is 0. The van der Waals surface area contributed by atoms with Gasteiger partial charge in [0.05, 0.1) is 0 Å². The molecular weight excluding hydrogens is 136 g/mol. The van der Waals surface area contributed by atoms with Crippen LogP contribution in [0.2, 0.25) is 0 Å². The van der Waals surface area contributed by atoms with Gasteiger partial charge in [-0.15, -0.1) is 0 Å². The topological polar surface area (TPSA) is 20.2 Å². The second-order valence-corrected chi connectivity index (χ2v) is 5.06. The summed E-state index contributed by atoms with van der Waals surface area (Å²) in [5.74, 6) is 0. The highest BCUT2D eigenvalue weighted by molar-refractivity contribution is 4.78. The van der Waals surface area contributed by atoms with Crippen LogP contribution in [0.25, 0.3) is 0 Å². The van der Waals surface area contributed by atoms with Crippen molar-refractivity contribution in [3.63, 3.8) is 0 Å². The van der Waals surface area contributed by atoms with Crippen LogP contribution >= 0.6 is 0 Å². The highest BCUT2D eigenvalue weighted by atomic mass is 16.3. The van der Waals surface area contributed by atoms with Gasteiger partial charge < -0.3 is 5.11 Å². The highest BCUT2D eigenvalue weighted by Crippen LogP contribution is 2.35. The smallest absolute Gasteiger partial charge is 0.0484 e. The molecule has 0 aliphatic heterocycles. The van der Waals surface area contributed by atoms with Gasteiger partial charge in [-0.2, -0.15) is 0 Å². The summed E-state index contributed by atoms with van der Waals surface area (Å²) in [6.45, 7) is 11.3. The fourth-order valence-corrected chi connectivity index (χ4v) is 1.57. The maximum absolute atomic E-state index is 9.15. The van der Waals surface area contributed by atoms with Crippen LogP contribution < -0.4 is 0 Å². The van der Waals surface area contributed by atoms with Crippen LogP contribution in [0.15, 0.2) is 0 Å². The lowest BCUT2D eigenvalue weighted by molar-refractivity contribution is 0.0896. The first-order valence-corrected chi connectivity index (χ1v) is 4.44. The Hall–Kier alpha value is -0.0400. The van der Waals surface area contributed by atoms with Crippen LogP contribution in [-0.2, 0) is 0 Å². The van der Waals surface area contributed by atoms with Crippen molar-refractivity contribution >= 4 is 0 Å². The molecule has 0 aliphatic carbocycles. The van der Waals surface area contributed by atoms with Gasteiger partial charge in [0.25, 0.3) is 0 Å². The molecule has 0 aromatic heterocycles. The fraction of sp³-hybridized carbons (Fsp3) is 1.00. The summed E-state index contributed by atoms with van der Waals surface area (Å²) in [7, 11) is 0. The molecule has 0 aromatic carbocycles. The van der Waals surface area contributed by atoms with E-state index >= 15 is 0 Å². The summed E-state index contributed by atoms with van der Waals surface area (Å²) in [6.07, 6.45) is 2.15. The van der Waals surface area contributed by atoms with Gasteiger partial charge in [-0.25, -0.2) is 0 Å². The van der Waals surface area contributed by atoms with Crippen LogP contribution in [-0.4, -0.2) is 11.7 Å². The predicted molar refractivity (Wildman–Crippen MR) is 49.6 cm³/mol. The zero-order chi connectivity index (χ0) is 9.12. The quantitative estimate of drug-likeness (QED) is 0.669. The lowest BCUT2D eigenvalue weighted by Gasteiger charge is -2.33. The van der Waals surface area contributed by atoms with Crippen LogP contribution in [0.1, 0.15) is 47.5 Å². The first kappa shape index (κ1) is 11.0. The van der Waals surface area contributed by atoms with E-state index in [0.717, 1.165) is 12.8 Å². The lowest BCUT2D eigenvalue weighted by atomic mass is 9.74. The van der Waals surface area contributed by atoms with Gasteiger partial charge in [0, 0.05) is 6.61 Å². The van der Waals surface area contributed by atoms with E-state index in [2.05, 4.69) is 34.6 Å². The minimum Gasteiger partial charge on any atom is -0.396 e. The summed E-state index contributed by atoms with van der Waals surface area (Å²) in [6, 6.07) is 0. The largest absolute Gasteiger partial charge is 0.396 e. The van der Waals surface area contributed by atoms with Crippen molar-refractivity contribution in [3.8, 4) is 0 Å². The maximum Gasteiger partial charge on any atom is 0.0484 e. The zero-order valence-corrected chi connectivity index (χ0v) is 8.57. The maximum atomic E-state index is 9.15. The Labute approximate surface area is 70.8 Å². The molecule has 0 saturated heterocycles. The molecule has 1 unspecified atom stereocenters. The standard InChI is InChI=1S/C10H22O/c1-6-10(5,8-11)7-9(2,3)4/h11H,6-8H2,1-5H3. The molecule has 0 saturated carbocycles. The van der Waals surface area contributed by atoms with E-state index in [1.165, 1.54) is 0 Å². The molecule has 0 bridgehead atoms. The van der Waals surface area contributed by atoms with Crippen LogP contribution in [0.5, 0.6) is 0 Å². The zero-order valence-electron chi connectivity index (χ0n) is 8.57. The molecule has 0 amide bonds. The first-order valence-electron chi connectivity index (χ1n) is 4.44. The molecule has 1 N–H and O–H groups in total. The van der Waals surface area contributed by atoms with E-state index in [9.17, 15) is 0 Å². The Morgan fingerprint density at radius 1 is 1.09 bits per heavy atom. The Bertz CT molecular complexity index is 107. The number of aliphatic hydroxyl groups is 1. The number of aliphatic hydroxyl groups excluding tert-OH is 1. The molecule has 0 rings (SSSR count). The van der Waals surface area contributed by atoms with Crippen LogP contribution in [0.3, 0.4) is 0 Å². The van der Waals surface area contributed by atoms with E-state index < -0.39 is 0 Å². The summed E-state index contributed by atoms with van der Waals surface area (Å²) in [5.41, 5.74) is 0.450. The third kappa shape index (κ3) is 4.41. The van der Waals surface area contributed by atoms with Crippen molar-refractivity contribution in [1.29, 1.82) is 0 Å². The summed E-state index contributed by atoms with van der Waals surface area (Å²) in [5, 5.41) is 9.15. The molecule has 1 heteroatoms. The lowest BCUT2D eigenvalue weighted by Crippen LogP contribution is -2.26. The van der Waals surface area contributed by atoms with E-state index in [0.29, 0.717) is 12.0 Å². The van der Waals surface area contributed by atoms with Gasteiger partial charge in [0.2, 0.25) is 0 Å². The van der Waals surface area contributed by atoms with E-state index in [1.54, 1.807) is 0 Å². The Morgan fingerprint density at radius 2 is 1.55 bits per heavy atom. The monoisotopic (exact) mass is 158 g/mol. The average molecular weight is 158 g/mol.